The number of methoxy groups -OCH3 is 1. The fourth-order valence-electron chi connectivity index (χ4n) is 1.54. The van der Waals surface area contributed by atoms with Gasteiger partial charge in [0.05, 0.1) is 12.5 Å². The maximum absolute atomic E-state index is 12.1. The summed E-state index contributed by atoms with van der Waals surface area (Å²) in [5, 5.41) is 8.49. The van der Waals surface area contributed by atoms with Crippen LogP contribution in [0.1, 0.15) is 18.1 Å². The van der Waals surface area contributed by atoms with E-state index in [0.717, 1.165) is 5.56 Å². The molecule has 0 aromatic heterocycles. The van der Waals surface area contributed by atoms with Crippen LogP contribution in [0.15, 0.2) is 30.3 Å². The Bertz CT molecular complexity index is 398. The number of likely N-dealkylation sites (N-methyl/N-ethyl adjacent to an activating group) is 1. The first kappa shape index (κ1) is 13.2. The molecule has 1 atom stereocenters. The molecule has 0 bridgehead atoms. The Hall–Kier alpha value is -1.86. The normalized spacial score (nSPS) is 11.6. The molecule has 0 aliphatic heterocycles. The summed E-state index contributed by atoms with van der Waals surface area (Å²) in [4.78, 5) is 13.6. The van der Waals surface area contributed by atoms with E-state index >= 15 is 0 Å². The summed E-state index contributed by atoms with van der Waals surface area (Å²) in [6.07, 6.45) is -0.270. The average molecular weight is 232 g/mol. The Labute approximate surface area is 101 Å². The molecule has 0 spiro atoms. The van der Waals surface area contributed by atoms with E-state index in [1.54, 1.807) is 7.05 Å². The van der Waals surface area contributed by atoms with Crippen molar-refractivity contribution in [3.05, 3.63) is 35.9 Å². The summed E-state index contributed by atoms with van der Waals surface area (Å²) in [6.45, 7) is 0.419. The second-order valence-corrected chi connectivity index (χ2v) is 3.69. The number of hydrogen-bond donors (Lipinski definition) is 0. The van der Waals surface area contributed by atoms with E-state index < -0.39 is 6.10 Å². The summed E-state index contributed by atoms with van der Waals surface area (Å²) in [5.41, 5.74) is 0.823. The highest BCUT2D eigenvalue weighted by atomic mass is 16.5. The summed E-state index contributed by atoms with van der Waals surface area (Å²) in [5.74, 6) is -0.131. The first-order chi connectivity index (χ1) is 8.20. The molecule has 1 amide bonds. The number of amides is 1. The van der Waals surface area contributed by atoms with Crippen LogP contribution in [0.3, 0.4) is 0 Å². The van der Waals surface area contributed by atoms with Crippen LogP contribution >= 0.6 is 0 Å². The standard InChI is InChI=1S/C13H16N2O2/c1-15(10-6-9-14)13(16)12(17-2)11-7-4-3-5-8-11/h3-5,7-8,12H,6,10H2,1-2H3. The molecule has 0 radical (unpaired) electrons. The molecule has 0 aliphatic carbocycles. The number of nitrogens with zero attached hydrogens (tertiary/aromatic N) is 2. The lowest BCUT2D eigenvalue weighted by atomic mass is 10.1. The number of carbonyl (C=O) groups is 1. The maximum atomic E-state index is 12.1. The molecule has 0 saturated heterocycles. The zero-order valence-corrected chi connectivity index (χ0v) is 10.1. The second-order valence-electron chi connectivity index (χ2n) is 3.69. The summed E-state index contributed by atoms with van der Waals surface area (Å²) >= 11 is 0. The van der Waals surface area contributed by atoms with Crippen LogP contribution in [0, 0.1) is 11.3 Å². The summed E-state index contributed by atoms with van der Waals surface area (Å²) in [6, 6.07) is 11.3. The number of hydrogen-bond acceptors (Lipinski definition) is 3. The van der Waals surface area contributed by atoms with Gasteiger partial charge in [0.1, 0.15) is 0 Å². The molecule has 0 aliphatic rings. The molecule has 0 N–H and O–H groups in total. The molecule has 1 aromatic carbocycles. The SMILES string of the molecule is COC(C(=O)N(C)CCC#N)c1ccccc1. The molecular weight excluding hydrogens is 216 g/mol. The van der Waals surface area contributed by atoms with Crippen molar-refractivity contribution in [2.75, 3.05) is 20.7 Å². The summed E-state index contributed by atoms with van der Waals surface area (Å²) < 4.78 is 5.23. The van der Waals surface area contributed by atoms with Crippen molar-refractivity contribution < 1.29 is 9.53 Å². The number of carbonyl (C=O) groups excluding carboxylic acids is 1. The van der Waals surface area contributed by atoms with E-state index in [4.69, 9.17) is 10.00 Å². The first-order valence-electron chi connectivity index (χ1n) is 5.40. The van der Waals surface area contributed by atoms with Crippen LogP contribution in [-0.2, 0) is 9.53 Å². The van der Waals surface area contributed by atoms with E-state index in [2.05, 4.69) is 0 Å². The smallest absolute Gasteiger partial charge is 0.256 e. The molecule has 17 heavy (non-hydrogen) atoms. The van der Waals surface area contributed by atoms with Gasteiger partial charge >= 0.3 is 0 Å². The van der Waals surface area contributed by atoms with Crippen LogP contribution in [0.2, 0.25) is 0 Å². The number of benzene rings is 1. The third kappa shape index (κ3) is 3.58. The lowest BCUT2D eigenvalue weighted by Gasteiger charge is -2.22. The van der Waals surface area contributed by atoms with Crippen LogP contribution in [0.25, 0.3) is 0 Å². The van der Waals surface area contributed by atoms with Crippen molar-refractivity contribution in [1.29, 1.82) is 5.26 Å². The van der Waals surface area contributed by atoms with Gasteiger partial charge in [-0.15, -0.1) is 0 Å². The van der Waals surface area contributed by atoms with Crippen molar-refractivity contribution >= 4 is 5.91 Å². The van der Waals surface area contributed by atoms with Crippen molar-refractivity contribution in [2.45, 2.75) is 12.5 Å². The van der Waals surface area contributed by atoms with Crippen molar-refractivity contribution in [2.24, 2.45) is 0 Å². The molecule has 4 heteroatoms. The quantitative estimate of drug-likeness (QED) is 0.777. The van der Waals surface area contributed by atoms with E-state index in [9.17, 15) is 4.79 Å². The third-order valence-electron chi connectivity index (χ3n) is 2.50. The topological polar surface area (TPSA) is 53.3 Å². The second kappa shape index (κ2) is 6.66. The first-order valence-corrected chi connectivity index (χ1v) is 5.40. The molecule has 0 saturated carbocycles. The zero-order valence-electron chi connectivity index (χ0n) is 10.1. The maximum Gasteiger partial charge on any atom is 0.256 e. The van der Waals surface area contributed by atoms with Gasteiger partial charge in [0.15, 0.2) is 6.10 Å². The van der Waals surface area contributed by atoms with E-state index in [1.165, 1.54) is 12.0 Å². The van der Waals surface area contributed by atoms with Gasteiger partial charge < -0.3 is 9.64 Å². The predicted molar refractivity (Wildman–Crippen MR) is 64.1 cm³/mol. The van der Waals surface area contributed by atoms with Gasteiger partial charge in [0.25, 0.3) is 5.91 Å². The molecule has 90 valence electrons. The minimum atomic E-state index is -0.597. The third-order valence-corrected chi connectivity index (χ3v) is 2.50. The Balaban J connectivity index is 2.75. The van der Waals surface area contributed by atoms with E-state index in [1.807, 2.05) is 36.4 Å². The number of ether oxygens (including phenoxy) is 1. The highest BCUT2D eigenvalue weighted by molar-refractivity contribution is 5.82. The average Bonchev–Trinajstić information content (AvgIpc) is 2.38. The van der Waals surface area contributed by atoms with Crippen LogP contribution in [-0.4, -0.2) is 31.5 Å². The van der Waals surface area contributed by atoms with Crippen LogP contribution in [0.4, 0.5) is 0 Å². The zero-order chi connectivity index (χ0) is 12.7. The van der Waals surface area contributed by atoms with Gasteiger partial charge in [-0.25, -0.2) is 0 Å². The largest absolute Gasteiger partial charge is 0.367 e. The van der Waals surface area contributed by atoms with Gasteiger partial charge in [0.2, 0.25) is 0 Å². The Morgan fingerprint density at radius 1 is 1.47 bits per heavy atom. The van der Waals surface area contributed by atoms with Crippen molar-refractivity contribution in [1.82, 2.24) is 4.90 Å². The highest BCUT2D eigenvalue weighted by Crippen LogP contribution is 2.18. The molecular formula is C13H16N2O2. The lowest BCUT2D eigenvalue weighted by Crippen LogP contribution is -2.33. The van der Waals surface area contributed by atoms with Crippen LogP contribution < -0.4 is 0 Å². The van der Waals surface area contributed by atoms with Gasteiger partial charge in [-0.3, -0.25) is 4.79 Å². The Morgan fingerprint density at radius 2 is 2.12 bits per heavy atom. The predicted octanol–water partition coefficient (Wildman–Crippen LogP) is 1.75. The minimum Gasteiger partial charge on any atom is -0.367 e. The fraction of sp³-hybridized carbons (Fsp3) is 0.385. The summed E-state index contributed by atoms with van der Waals surface area (Å²) in [7, 11) is 3.18. The molecule has 4 nitrogen and oxygen atoms in total. The molecule has 0 heterocycles. The Morgan fingerprint density at radius 3 is 2.65 bits per heavy atom. The monoisotopic (exact) mass is 232 g/mol. The minimum absolute atomic E-state index is 0.131. The molecule has 1 aromatic rings. The van der Waals surface area contributed by atoms with Crippen molar-refractivity contribution in [3.8, 4) is 6.07 Å². The van der Waals surface area contributed by atoms with Gasteiger partial charge in [-0.2, -0.15) is 5.26 Å². The fourth-order valence-corrected chi connectivity index (χ4v) is 1.54. The molecule has 1 rings (SSSR count). The lowest BCUT2D eigenvalue weighted by molar-refractivity contribution is -0.140. The van der Waals surface area contributed by atoms with Crippen molar-refractivity contribution in [3.63, 3.8) is 0 Å². The molecule has 0 fully saturated rings. The number of nitriles is 1. The van der Waals surface area contributed by atoms with Crippen LogP contribution in [0.5, 0.6) is 0 Å². The highest BCUT2D eigenvalue weighted by Gasteiger charge is 2.22. The van der Waals surface area contributed by atoms with Gasteiger partial charge in [-0.05, 0) is 5.56 Å². The van der Waals surface area contributed by atoms with E-state index in [0.29, 0.717) is 13.0 Å². The Kier molecular flexibility index (Phi) is 5.18. The van der Waals surface area contributed by atoms with Gasteiger partial charge in [-0.1, -0.05) is 30.3 Å². The van der Waals surface area contributed by atoms with E-state index in [-0.39, 0.29) is 5.91 Å². The number of rotatable bonds is 5. The molecule has 1 unspecified atom stereocenters. The van der Waals surface area contributed by atoms with Gasteiger partial charge in [0, 0.05) is 20.7 Å².